The molecule has 10 heteroatoms. The molecule has 178 valence electrons. The van der Waals surface area contributed by atoms with Crippen LogP contribution >= 0.6 is 0 Å². The molecule has 0 unspecified atom stereocenters. The molecule has 0 spiro atoms. The Kier molecular flexibility index (Phi) is 7.17. The predicted molar refractivity (Wildman–Crippen MR) is 125 cm³/mol. The zero-order valence-corrected chi connectivity index (χ0v) is 18.9. The lowest BCUT2D eigenvalue weighted by Gasteiger charge is -2.39. The van der Waals surface area contributed by atoms with Gasteiger partial charge < -0.3 is 9.64 Å². The summed E-state index contributed by atoms with van der Waals surface area (Å²) in [5.41, 5.74) is 1.53. The maximum absolute atomic E-state index is 13.0. The van der Waals surface area contributed by atoms with Crippen LogP contribution in [0.25, 0.3) is 0 Å². The highest BCUT2D eigenvalue weighted by molar-refractivity contribution is 6.08. The molecular formula is C24H27N5O5. The zero-order valence-electron chi connectivity index (χ0n) is 18.9. The Morgan fingerprint density at radius 2 is 1.88 bits per heavy atom. The van der Waals surface area contributed by atoms with Crippen LogP contribution in [0.4, 0.5) is 5.69 Å². The molecule has 2 aliphatic heterocycles. The maximum Gasteiger partial charge on any atom is 0.321 e. The molecule has 2 heterocycles. The molecule has 0 radical (unpaired) electrons. The van der Waals surface area contributed by atoms with E-state index in [9.17, 15) is 19.7 Å². The van der Waals surface area contributed by atoms with Crippen molar-refractivity contribution in [1.82, 2.24) is 15.1 Å². The highest BCUT2D eigenvalue weighted by atomic mass is 16.6. The van der Waals surface area contributed by atoms with Crippen LogP contribution in [0.3, 0.4) is 0 Å². The fourth-order valence-corrected chi connectivity index (χ4v) is 4.25. The topological polar surface area (TPSA) is 117 Å². The van der Waals surface area contributed by atoms with Gasteiger partial charge in [-0.15, -0.1) is 0 Å². The second kappa shape index (κ2) is 10.4. The maximum atomic E-state index is 13.0. The molecule has 1 saturated heterocycles. The van der Waals surface area contributed by atoms with E-state index >= 15 is 0 Å². The Morgan fingerprint density at radius 3 is 2.56 bits per heavy atom. The third-order valence-electron chi connectivity index (χ3n) is 5.98. The van der Waals surface area contributed by atoms with Crippen molar-refractivity contribution in [2.75, 3.05) is 32.8 Å². The van der Waals surface area contributed by atoms with E-state index in [0.29, 0.717) is 24.6 Å². The normalized spacial score (nSPS) is 20.9. The fraction of sp³-hybridized carbons (Fsp3) is 0.375. The van der Waals surface area contributed by atoms with Gasteiger partial charge >= 0.3 is 5.97 Å². The van der Waals surface area contributed by atoms with Gasteiger partial charge in [0.05, 0.1) is 11.5 Å². The van der Waals surface area contributed by atoms with Gasteiger partial charge in [0, 0.05) is 44.9 Å². The Bertz CT molecular complexity index is 1080. The molecular weight excluding hydrogens is 438 g/mol. The van der Waals surface area contributed by atoms with Crippen LogP contribution in [0.5, 0.6) is 0 Å². The molecule has 4 rings (SSSR count). The summed E-state index contributed by atoms with van der Waals surface area (Å²) >= 11 is 0. The quantitative estimate of drug-likeness (QED) is 0.301. The number of non-ortho nitro benzene ring substituents is 1. The van der Waals surface area contributed by atoms with Gasteiger partial charge in [0.1, 0.15) is 6.04 Å². The number of nitro benzene ring substituents is 1. The first kappa shape index (κ1) is 23.4. The average molecular weight is 466 g/mol. The Hall–Kier alpha value is -3.79. The number of hydrogen-bond donors (Lipinski definition) is 1. The van der Waals surface area contributed by atoms with Crippen LogP contribution in [-0.2, 0) is 20.9 Å². The number of nitro groups is 1. The minimum absolute atomic E-state index is 0.115. The van der Waals surface area contributed by atoms with Crippen molar-refractivity contribution >= 4 is 23.5 Å². The number of nitrogens with one attached hydrogen (secondary N) is 1. The van der Waals surface area contributed by atoms with Gasteiger partial charge in [-0.25, -0.2) is 4.99 Å². The number of esters is 1. The van der Waals surface area contributed by atoms with Crippen LogP contribution in [0.2, 0.25) is 0 Å². The van der Waals surface area contributed by atoms with Crippen molar-refractivity contribution in [3.05, 3.63) is 75.8 Å². The van der Waals surface area contributed by atoms with Crippen LogP contribution in [0, 0.1) is 16.0 Å². The molecule has 2 atom stereocenters. The van der Waals surface area contributed by atoms with Crippen LogP contribution < -0.4 is 5.32 Å². The molecule has 2 aliphatic rings. The van der Waals surface area contributed by atoms with Crippen molar-refractivity contribution in [2.24, 2.45) is 10.9 Å². The van der Waals surface area contributed by atoms with E-state index in [1.807, 2.05) is 23.1 Å². The third kappa shape index (κ3) is 5.23. The summed E-state index contributed by atoms with van der Waals surface area (Å²) in [6.45, 7) is 5.48. The van der Waals surface area contributed by atoms with Crippen molar-refractivity contribution in [3.63, 3.8) is 0 Å². The number of carbonyl (C=O) groups excluding carboxylic acids is 2. The van der Waals surface area contributed by atoms with Gasteiger partial charge in [-0.05, 0) is 18.1 Å². The summed E-state index contributed by atoms with van der Waals surface area (Å²) in [6, 6.07) is 15.2. The molecule has 0 aliphatic carbocycles. The van der Waals surface area contributed by atoms with E-state index in [-0.39, 0.29) is 12.3 Å². The van der Waals surface area contributed by atoms with Crippen LogP contribution in [-0.4, -0.2) is 65.3 Å². The van der Waals surface area contributed by atoms with E-state index in [1.165, 1.54) is 23.8 Å². The van der Waals surface area contributed by atoms with Crippen molar-refractivity contribution in [3.8, 4) is 0 Å². The van der Waals surface area contributed by atoms with Gasteiger partial charge in [0.2, 0.25) is 11.9 Å². The second-order valence-corrected chi connectivity index (χ2v) is 8.22. The SMILES string of the molecule is CCOC(=O)[C@H]1C(=O)NC(N2CCN(Cc3ccccc3)CC2)=N[C@@H]1c1cccc([N+](=O)[O-])c1. The van der Waals surface area contributed by atoms with Gasteiger partial charge in [-0.1, -0.05) is 42.5 Å². The zero-order chi connectivity index (χ0) is 24.1. The number of nitrogens with zero attached hydrogens (tertiary/aromatic N) is 4. The number of hydrogen-bond acceptors (Lipinski definition) is 8. The third-order valence-corrected chi connectivity index (χ3v) is 5.98. The van der Waals surface area contributed by atoms with Gasteiger partial charge in [0.25, 0.3) is 5.69 Å². The number of carbonyl (C=O) groups is 2. The smallest absolute Gasteiger partial charge is 0.321 e. The van der Waals surface area contributed by atoms with Crippen molar-refractivity contribution < 1.29 is 19.2 Å². The molecule has 0 aromatic heterocycles. The van der Waals surface area contributed by atoms with E-state index in [1.54, 1.807) is 13.0 Å². The lowest BCUT2D eigenvalue weighted by Crippen LogP contribution is -2.57. The number of piperazine rings is 1. The first-order valence-electron chi connectivity index (χ1n) is 11.3. The lowest BCUT2D eigenvalue weighted by molar-refractivity contribution is -0.384. The van der Waals surface area contributed by atoms with Gasteiger partial charge in [-0.3, -0.25) is 29.9 Å². The largest absolute Gasteiger partial charge is 0.465 e. The van der Waals surface area contributed by atoms with Gasteiger partial charge in [0.15, 0.2) is 5.92 Å². The standard InChI is InChI=1S/C24H27N5O5/c1-2-34-23(31)20-21(18-9-6-10-19(15-18)29(32)33)25-24(26-22(20)30)28-13-11-27(12-14-28)16-17-7-4-3-5-8-17/h3-10,15,20-21H,2,11-14,16H2,1H3,(H,25,26,30)/t20-,21-/m1/s1. The number of benzene rings is 2. The molecule has 2 aromatic rings. The predicted octanol–water partition coefficient (Wildman–Crippen LogP) is 2.12. The van der Waals surface area contributed by atoms with Crippen LogP contribution in [0.1, 0.15) is 24.1 Å². The molecule has 2 aromatic carbocycles. The second-order valence-electron chi connectivity index (χ2n) is 8.22. The first-order chi connectivity index (χ1) is 16.5. The number of rotatable bonds is 6. The highest BCUT2D eigenvalue weighted by Crippen LogP contribution is 2.32. The Labute approximate surface area is 197 Å². The average Bonchev–Trinajstić information content (AvgIpc) is 2.85. The molecule has 1 amide bonds. The van der Waals surface area contributed by atoms with Crippen molar-refractivity contribution in [2.45, 2.75) is 19.5 Å². The first-order valence-corrected chi connectivity index (χ1v) is 11.3. The Morgan fingerprint density at radius 1 is 1.15 bits per heavy atom. The molecule has 0 bridgehead atoms. The highest BCUT2D eigenvalue weighted by Gasteiger charge is 2.42. The van der Waals surface area contributed by atoms with Crippen molar-refractivity contribution in [1.29, 1.82) is 0 Å². The summed E-state index contributed by atoms with van der Waals surface area (Å²) in [7, 11) is 0. The number of aliphatic imine (C=N–C) groups is 1. The number of ether oxygens (including phenoxy) is 1. The summed E-state index contributed by atoms with van der Waals surface area (Å²) in [5, 5.41) is 14.0. The van der Waals surface area contributed by atoms with Crippen LogP contribution in [0.15, 0.2) is 59.6 Å². The molecule has 0 saturated carbocycles. The lowest BCUT2D eigenvalue weighted by atomic mass is 9.91. The van der Waals surface area contributed by atoms with Gasteiger partial charge in [-0.2, -0.15) is 0 Å². The minimum atomic E-state index is -1.22. The number of amides is 1. The molecule has 1 fully saturated rings. The summed E-state index contributed by atoms with van der Waals surface area (Å²) in [6.07, 6.45) is 0. The Balaban J connectivity index is 1.55. The molecule has 10 nitrogen and oxygen atoms in total. The van der Waals surface area contributed by atoms with E-state index < -0.39 is 28.8 Å². The number of guanidine groups is 1. The molecule has 1 N–H and O–H groups in total. The summed E-state index contributed by atoms with van der Waals surface area (Å²) in [5.74, 6) is -2.06. The van der Waals surface area contributed by atoms with E-state index in [0.717, 1.165) is 19.6 Å². The summed E-state index contributed by atoms with van der Waals surface area (Å²) < 4.78 is 5.11. The van der Waals surface area contributed by atoms with E-state index in [4.69, 9.17) is 4.74 Å². The molecule has 34 heavy (non-hydrogen) atoms. The minimum Gasteiger partial charge on any atom is -0.465 e. The fourth-order valence-electron chi connectivity index (χ4n) is 4.25. The van der Waals surface area contributed by atoms with E-state index in [2.05, 4.69) is 27.3 Å². The monoisotopic (exact) mass is 465 g/mol. The summed E-state index contributed by atoms with van der Waals surface area (Å²) in [4.78, 5) is 45.4.